The lowest BCUT2D eigenvalue weighted by molar-refractivity contribution is 0.0953. The number of hydrogen-bond donors (Lipinski definition) is 1. The van der Waals surface area contributed by atoms with Crippen LogP contribution in [0.2, 0.25) is 0 Å². The summed E-state index contributed by atoms with van der Waals surface area (Å²) in [4.78, 5) is 12.7. The first-order chi connectivity index (χ1) is 15.3. The highest BCUT2D eigenvalue weighted by molar-refractivity contribution is 7.98. The first-order valence-corrected chi connectivity index (χ1v) is 14.2. The normalized spacial score (nSPS) is 18.8. The predicted molar refractivity (Wildman–Crippen MR) is 127 cm³/mol. The van der Waals surface area contributed by atoms with Gasteiger partial charge in [0.1, 0.15) is 5.82 Å². The number of rotatable bonds is 8. The van der Waals surface area contributed by atoms with E-state index in [0.717, 1.165) is 29.4 Å². The molecule has 2 heterocycles. The van der Waals surface area contributed by atoms with E-state index < -0.39 is 10.0 Å². The van der Waals surface area contributed by atoms with Crippen LogP contribution in [0.15, 0.2) is 23.4 Å². The van der Waals surface area contributed by atoms with Crippen LogP contribution in [0, 0.1) is 0 Å². The summed E-state index contributed by atoms with van der Waals surface area (Å²) in [5, 5.41) is 12.7. The van der Waals surface area contributed by atoms with E-state index in [-0.39, 0.29) is 11.9 Å². The third kappa shape index (κ3) is 4.66. The fourth-order valence-electron chi connectivity index (χ4n) is 4.95. The Kier molecular flexibility index (Phi) is 6.80. The zero-order valence-corrected chi connectivity index (χ0v) is 20.5. The van der Waals surface area contributed by atoms with Crippen molar-refractivity contribution in [3.63, 3.8) is 0 Å². The molecule has 0 bridgehead atoms. The van der Waals surface area contributed by atoms with Gasteiger partial charge in [0.05, 0.1) is 11.9 Å². The number of carbonyl (C=O) groups excluding carboxylic acids is 1. The Balaban J connectivity index is 1.35. The van der Waals surface area contributed by atoms with Gasteiger partial charge in [0.15, 0.2) is 5.16 Å². The lowest BCUT2D eigenvalue weighted by Crippen LogP contribution is -2.34. The molecule has 1 atom stereocenters. The Morgan fingerprint density at radius 3 is 2.69 bits per heavy atom. The Bertz CT molecular complexity index is 1090. The molecule has 174 valence electrons. The third-order valence-corrected chi connectivity index (χ3v) is 8.24. The summed E-state index contributed by atoms with van der Waals surface area (Å²) in [6.07, 6.45) is 10.3. The molecule has 1 saturated carbocycles. The average molecular weight is 478 g/mol. The van der Waals surface area contributed by atoms with Crippen molar-refractivity contribution in [1.29, 1.82) is 0 Å². The number of hydrogen-bond acceptors (Lipinski definition) is 6. The van der Waals surface area contributed by atoms with E-state index in [1.165, 1.54) is 36.2 Å². The molecule has 8 nitrogen and oxygen atoms in total. The Hall–Kier alpha value is -2.07. The monoisotopic (exact) mass is 477 g/mol. The van der Waals surface area contributed by atoms with Crippen molar-refractivity contribution >= 4 is 33.4 Å². The summed E-state index contributed by atoms with van der Waals surface area (Å²) in [5.74, 6) is 0.864. The lowest BCUT2D eigenvalue weighted by Gasteiger charge is -2.21. The maximum absolute atomic E-state index is 12.7. The van der Waals surface area contributed by atoms with Crippen LogP contribution in [0.4, 0.5) is 5.69 Å². The maximum atomic E-state index is 12.7. The van der Waals surface area contributed by atoms with Crippen molar-refractivity contribution < 1.29 is 13.2 Å². The first-order valence-electron chi connectivity index (χ1n) is 11.2. The van der Waals surface area contributed by atoms with Gasteiger partial charge in [-0.2, -0.15) is 0 Å². The maximum Gasteiger partial charge on any atom is 0.251 e. The van der Waals surface area contributed by atoms with E-state index in [4.69, 9.17) is 0 Å². The Labute approximate surface area is 194 Å². The highest BCUT2D eigenvalue weighted by atomic mass is 32.2. The van der Waals surface area contributed by atoms with E-state index in [1.807, 2.05) is 19.2 Å². The van der Waals surface area contributed by atoms with E-state index in [9.17, 15) is 13.2 Å². The summed E-state index contributed by atoms with van der Waals surface area (Å²) >= 11 is 1.63. The summed E-state index contributed by atoms with van der Waals surface area (Å²) in [7, 11) is -3.33. The number of aromatic nitrogens is 3. The smallest absolute Gasteiger partial charge is 0.251 e. The first kappa shape index (κ1) is 23.1. The standard InChI is InChI=1S/C22H31N5O3S2/c1-15-13-17-14-16(10-11-19(17)27(15)32(3,29)30)21(28)23-12-6-9-20-24-25-22(31-2)26(20)18-7-4-5-8-18/h10-11,14-15,18H,4-9,12-13H2,1-3H3,(H,23,28). The van der Waals surface area contributed by atoms with Crippen molar-refractivity contribution in [3.8, 4) is 0 Å². The SMILES string of the molecule is CSc1nnc(CCCNC(=O)c2ccc3c(c2)CC(C)N3S(C)(=O)=O)n1C1CCCC1. The largest absolute Gasteiger partial charge is 0.352 e. The number of sulfonamides is 1. The van der Waals surface area contributed by atoms with Gasteiger partial charge in [0.2, 0.25) is 10.0 Å². The van der Waals surface area contributed by atoms with Gasteiger partial charge >= 0.3 is 0 Å². The molecule has 0 saturated heterocycles. The molecule has 2 aliphatic rings. The average Bonchev–Trinajstić information content (AvgIpc) is 3.46. The number of anilines is 1. The van der Waals surface area contributed by atoms with Crippen LogP contribution in [0.5, 0.6) is 0 Å². The molecule has 4 rings (SSSR count). The zero-order chi connectivity index (χ0) is 22.9. The second-order valence-electron chi connectivity index (χ2n) is 8.73. The number of benzene rings is 1. The van der Waals surface area contributed by atoms with Gasteiger partial charge in [0, 0.05) is 30.6 Å². The highest BCUT2D eigenvalue weighted by Gasteiger charge is 2.32. The zero-order valence-electron chi connectivity index (χ0n) is 18.9. The van der Waals surface area contributed by atoms with Crippen molar-refractivity contribution in [3.05, 3.63) is 35.2 Å². The molecule has 1 aliphatic carbocycles. The molecule has 1 aromatic carbocycles. The molecule has 0 spiro atoms. The fourth-order valence-corrected chi connectivity index (χ4v) is 6.78. The van der Waals surface area contributed by atoms with Crippen LogP contribution < -0.4 is 9.62 Å². The molecule has 10 heteroatoms. The minimum absolute atomic E-state index is 0.137. The highest BCUT2D eigenvalue weighted by Crippen LogP contribution is 2.35. The van der Waals surface area contributed by atoms with E-state index in [0.29, 0.717) is 30.3 Å². The van der Waals surface area contributed by atoms with Gasteiger partial charge in [-0.3, -0.25) is 9.10 Å². The van der Waals surface area contributed by atoms with Gasteiger partial charge in [0.25, 0.3) is 5.91 Å². The molecule has 32 heavy (non-hydrogen) atoms. The van der Waals surface area contributed by atoms with E-state index in [2.05, 4.69) is 20.1 Å². The van der Waals surface area contributed by atoms with Crippen molar-refractivity contribution in [2.75, 3.05) is 23.4 Å². The molecular formula is C22H31N5O3S2. The molecule has 1 unspecified atom stereocenters. The minimum Gasteiger partial charge on any atom is -0.352 e. The molecule has 2 aromatic rings. The van der Waals surface area contributed by atoms with Crippen LogP contribution in [-0.2, 0) is 22.9 Å². The fraction of sp³-hybridized carbons (Fsp3) is 0.591. The van der Waals surface area contributed by atoms with Gasteiger partial charge < -0.3 is 9.88 Å². The summed E-state index contributed by atoms with van der Waals surface area (Å²) in [6, 6.07) is 5.61. The number of nitrogens with one attached hydrogen (secondary N) is 1. The number of thioether (sulfide) groups is 1. The topological polar surface area (TPSA) is 97.2 Å². The van der Waals surface area contributed by atoms with Crippen LogP contribution >= 0.6 is 11.8 Å². The second-order valence-corrected chi connectivity index (χ2v) is 11.4. The second kappa shape index (κ2) is 9.43. The Morgan fingerprint density at radius 2 is 2.00 bits per heavy atom. The van der Waals surface area contributed by atoms with Gasteiger partial charge in [-0.25, -0.2) is 8.42 Å². The van der Waals surface area contributed by atoms with Crippen LogP contribution in [0.1, 0.15) is 66.8 Å². The van der Waals surface area contributed by atoms with Gasteiger partial charge in [-0.05, 0) is 62.6 Å². The van der Waals surface area contributed by atoms with Crippen molar-refractivity contribution in [1.82, 2.24) is 20.1 Å². The third-order valence-electron chi connectivity index (χ3n) is 6.32. The molecule has 1 aromatic heterocycles. The molecule has 1 aliphatic heterocycles. The van der Waals surface area contributed by atoms with Gasteiger partial charge in [-0.1, -0.05) is 24.6 Å². The quantitative estimate of drug-likeness (QED) is 0.463. The van der Waals surface area contributed by atoms with Gasteiger partial charge in [-0.15, -0.1) is 10.2 Å². The van der Waals surface area contributed by atoms with Crippen molar-refractivity contribution in [2.45, 2.75) is 69.1 Å². The van der Waals surface area contributed by atoms with E-state index >= 15 is 0 Å². The number of nitrogens with zero attached hydrogens (tertiary/aromatic N) is 4. The minimum atomic E-state index is -3.33. The molecular weight excluding hydrogens is 446 g/mol. The van der Waals surface area contributed by atoms with Crippen molar-refractivity contribution in [2.24, 2.45) is 0 Å². The summed E-state index contributed by atoms with van der Waals surface area (Å²) < 4.78 is 27.9. The van der Waals surface area contributed by atoms with Crippen LogP contribution in [-0.4, -0.2) is 54.2 Å². The predicted octanol–water partition coefficient (Wildman–Crippen LogP) is 3.19. The summed E-state index contributed by atoms with van der Waals surface area (Å²) in [6.45, 7) is 2.43. The van der Waals surface area contributed by atoms with Crippen LogP contribution in [0.25, 0.3) is 0 Å². The van der Waals surface area contributed by atoms with Crippen LogP contribution in [0.3, 0.4) is 0 Å². The number of carbonyl (C=O) groups is 1. The summed E-state index contributed by atoms with van der Waals surface area (Å²) in [5.41, 5.74) is 2.13. The molecule has 0 radical (unpaired) electrons. The molecule has 1 N–H and O–H groups in total. The number of fused-ring (bicyclic) bond motifs is 1. The number of aryl methyl sites for hydroxylation is 1. The Morgan fingerprint density at radius 1 is 1.25 bits per heavy atom. The molecule has 1 amide bonds. The molecule has 1 fully saturated rings. The van der Waals surface area contributed by atoms with E-state index in [1.54, 1.807) is 23.9 Å². The number of amides is 1. The lowest BCUT2D eigenvalue weighted by atomic mass is 10.1.